The third-order valence-electron chi connectivity index (χ3n) is 5.57. The van der Waals surface area contributed by atoms with Crippen LogP contribution >= 0.6 is 0 Å². The molecule has 3 heteroatoms. The molecule has 104 valence electrons. The normalized spacial score (nSPS) is 42.8. The largest absolute Gasteiger partial charge is 0.329 e. The highest BCUT2D eigenvalue weighted by Gasteiger charge is 2.51. The molecule has 3 nitrogen and oxygen atoms in total. The molecule has 3 rings (SSSR count). The summed E-state index contributed by atoms with van der Waals surface area (Å²) in [4.78, 5) is 5.53. The molecular formula is C15H29N3. The van der Waals surface area contributed by atoms with E-state index in [9.17, 15) is 0 Å². The van der Waals surface area contributed by atoms with Gasteiger partial charge in [-0.1, -0.05) is 6.92 Å². The standard InChI is InChI=1S/C15H29N3/c1-3-13-5-4-8-18(13)15(10-16)9-12(2)17(11-15)14-6-7-14/h12-14H,3-11,16H2,1-2H3. The maximum Gasteiger partial charge on any atom is 0.0476 e. The molecule has 0 aromatic heterocycles. The maximum atomic E-state index is 6.24. The second-order valence-corrected chi connectivity index (χ2v) is 6.78. The second kappa shape index (κ2) is 4.77. The van der Waals surface area contributed by atoms with Crippen molar-refractivity contribution < 1.29 is 0 Å². The average molecular weight is 251 g/mol. The van der Waals surface area contributed by atoms with E-state index in [0.717, 1.165) is 24.7 Å². The van der Waals surface area contributed by atoms with Crippen molar-refractivity contribution >= 4 is 0 Å². The molecule has 0 aromatic carbocycles. The topological polar surface area (TPSA) is 32.5 Å². The fourth-order valence-corrected chi connectivity index (χ4v) is 4.48. The summed E-state index contributed by atoms with van der Waals surface area (Å²) in [5, 5.41) is 0. The molecule has 1 saturated carbocycles. The van der Waals surface area contributed by atoms with E-state index in [1.807, 2.05) is 0 Å². The summed E-state index contributed by atoms with van der Waals surface area (Å²) in [7, 11) is 0. The molecule has 3 unspecified atom stereocenters. The van der Waals surface area contributed by atoms with Crippen molar-refractivity contribution in [3.05, 3.63) is 0 Å². The second-order valence-electron chi connectivity index (χ2n) is 6.78. The Balaban J connectivity index is 1.78. The summed E-state index contributed by atoms with van der Waals surface area (Å²) < 4.78 is 0. The number of hydrogen-bond acceptors (Lipinski definition) is 3. The van der Waals surface area contributed by atoms with Crippen molar-refractivity contribution in [3.63, 3.8) is 0 Å². The fourth-order valence-electron chi connectivity index (χ4n) is 4.48. The molecule has 2 N–H and O–H groups in total. The molecule has 0 aromatic rings. The van der Waals surface area contributed by atoms with E-state index in [1.165, 1.54) is 51.6 Å². The molecule has 1 aliphatic carbocycles. The molecule has 2 aliphatic heterocycles. The Hall–Kier alpha value is -0.120. The van der Waals surface area contributed by atoms with Crippen LogP contribution in [-0.4, -0.2) is 53.1 Å². The molecule has 0 bridgehead atoms. The Kier molecular flexibility index (Phi) is 3.41. The van der Waals surface area contributed by atoms with Gasteiger partial charge in [-0.05, 0) is 52.0 Å². The summed E-state index contributed by atoms with van der Waals surface area (Å²) in [5.74, 6) is 0. The molecule has 2 saturated heterocycles. The van der Waals surface area contributed by atoms with Crippen LogP contribution in [0.3, 0.4) is 0 Å². The molecule has 2 heterocycles. The Bertz CT molecular complexity index is 302. The lowest BCUT2D eigenvalue weighted by molar-refractivity contribution is 0.0824. The highest BCUT2D eigenvalue weighted by molar-refractivity contribution is 5.08. The van der Waals surface area contributed by atoms with Crippen molar-refractivity contribution in [1.82, 2.24) is 9.80 Å². The fraction of sp³-hybridized carbons (Fsp3) is 1.00. The predicted octanol–water partition coefficient (Wildman–Crippen LogP) is 1.81. The number of likely N-dealkylation sites (tertiary alicyclic amines) is 2. The third-order valence-corrected chi connectivity index (χ3v) is 5.57. The smallest absolute Gasteiger partial charge is 0.0476 e. The van der Waals surface area contributed by atoms with Crippen molar-refractivity contribution in [3.8, 4) is 0 Å². The molecule has 18 heavy (non-hydrogen) atoms. The minimum absolute atomic E-state index is 0.291. The van der Waals surface area contributed by atoms with E-state index >= 15 is 0 Å². The van der Waals surface area contributed by atoms with Crippen LogP contribution in [0, 0.1) is 0 Å². The Morgan fingerprint density at radius 2 is 2.06 bits per heavy atom. The van der Waals surface area contributed by atoms with Crippen molar-refractivity contribution in [2.75, 3.05) is 19.6 Å². The summed E-state index contributed by atoms with van der Waals surface area (Å²) in [6, 6.07) is 2.41. The number of hydrogen-bond donors (Lipinski definition) is 1. The first-order chi connectivity index (χ1) is 8.70. The Labute approximate surface area is 112 Å². The molecule has 0 radical (unpaired) electrons. The summed E-state index contributed by atoms with van der Waals surface area (Å²) >= 11 is 0. The summed E-state index contributed by atoms with van der Waals surface area (Å²) in [6.45, 7) is 8.10. The van der Waals surface area contributed by atoms with Crippen molar-refractivity contribution in [2.45, 2.75) is 76.0 Å². The highest BCUT2D eigenvalue weighted by atomic mass is 15.3. The molecule has 3 atom stereocenters. The van der Waals surface area contributed by atoms with Gasteiger partial charge in [0.05, 0.1) is 0 Å². The number of nitrogens with zero attached hydrogens (tertiary/aromatic N) is 2. The van der Waals surface area contributed by atoms with E-state index < -0.39 is 0 Å². The van der Waals surface area contributed by atoms with Crippen LogP contribution in [0.5, 0.6) is 0 Å². The van der Waals surface area contributed by atoms with Gasteiger partial charge in [0.25, 0.3) is 0 Å². The van der Waals surface area contributed by atoms with Gasteiger partial charge in [-0.25, -0.2) is 0 Å². The molecule has 0 spiro atoms. The third kappa shape index (κ3) is 2.00. The van der Waals surface area contributed by atoms with Crippen LogP contribution in [-0.2, 0) is 0 Å². The van der Waals surface area contributed by atoms with Gasteiger partial charge in [-0.15, -0.1) is 0 Å². The van der Waals surface area contributed by atoms with Gasteiger partial charge in [0.1, 0.15) is 0 Å². The van der Waals surface area contributed by atoms with E-state index in [4.69, 9.17) is 5.73 Å². The van der Waals surface area contributed by atoms with Crippen LogP contribution in [0.1, 0.15) is 52.4 Å². The first-order valence-electron chi connectivity index (χ1n) is 7.93. The van der Waals surface area contributed by atoms with Crippen LogP contribution in [0.4, 0.5) is 0 Å². The predicted molar refractivity (Wildman–Crippen MR) is 75.6 cm³/mol. The van der Waals surface area contributed by atoms with Gasteiger partial charge in [0.15, 0.2) is 0 Å². The highest BCUT2D eigenvalue weighted by Crippen LogP contribution is 2.42. The molecule has 3 aliphatic rings. The van der Waals surface area contributed by atoms with Crippen molar-refractivity contribution in [1.29, 1.82) is 0 Å². The maximum absolute atomic E-state index is 6.24. The average Bonchev–Trinajstić information content (AvgIpc) is 3.00. The van der Waals surface area contributed by atoms with Gasteiger partial charge < -0.3 is 5.73 Å². The van der Waals surface area contributed by atoms with Gasteiger partial charge in [-0.2, -0.15) is 0 Å². The lowest BCUT2D eigenvalue weighted by Gasteiger charge is -2.41. The Morgan fingerprint density at radius 3 is 2.67 bits per heavy atom. The van der Waals surface area contributed by atoms with Gasteiger partial charge >= 0.3 is 0 Å². The van der Waals surface area contributed by atoms with Gasteiger partial charge in [-0.3, -0.25) is 9.80 Å². The van der Waals surface area contributed by atoms with Crippen LogP contribution in [0.2, 0.25) is 0 Å². The van der Waals surface area contributed by atoms with Crippen LogP contribution < -0.4 is 5.73 Å². The lowest BCUT2D eigenvalue weighted by atomic mass is 9.92. The SMILES string of the molecule is CCC1CCCN1C1(CN)CC(C)N(C2CC2)C1. The zero-order chi connectivity index (χ0) is 12.8. The number of nitrogens with two attached hydrogens (primary N) is 1. The minimum Gasteiger partial charge on any atom is -0.329 e. The summed E-state index contributed by atoms with van der Waals surface area (Å²) in [5.41, 5.74) is 6.53. The molecular weight excluding hydrogens is 222 g/mol. The van der Waals surface area contributed by atoms with Gasteiger partial charge in [0.2, 0.25) is 0 Å². The Morgan fingerprint density at radius 1 is 1.28 bits per heavy atom. The van der Waals surface area contributed by atoms with Crippen LogP contribution in [0.15, 0.2) is 0 Å². The summed E-state index contributed by atoms with van der Waals surface area (Å²) in [6.07, 6.45) is 8.18. The zero-order valence-corrected chi connectivity index (χ0v) is 12.1. The molecule has 0 amide bonds. The van der Waals surface area contributed by atoms with Crippen molar-refractivity contribution in [2.24, 2.45) is 5.73 Å². The quantitative estimate of drug-likeness (QED) is 0.827. The molecule has 3 fully saturated rings. The zero-order valence-electron chi connectivity index (χ0n) is 12.1. The van der Waals surface area contributed by atoms with E-state index in [-0.39, 0.29) is 0 Å². The van der Waals surface area contributed by atoms with E-state index in [0.29, 0.717) is 5.54 Å². The van der Waals surface area contributed by atoms with Gasteiger partial charge in [0, 0.05) is 36.8 Å². The lowest BCUT2D eigenvalue weighted by Crippen LogP contribution is -2.57. The minimum atomic E-state index is 0.291. The monoisotopic (exact) mass is 251 g/mol. The first kappa shape index (κ1) is 12.9. The van der Waals surface area contributed by atoms with E-state index in [2.05, 4.69) is 23.6 Å². The first-order valence-corrected chi connectivity index (χ1v) is 7.93. The number of rotatable bonds is 4. The van der Waals surface area contributed by atoms with Crippen LogP contribution in [0.25, 0.3) is 0 Å². The van der Waals surface area contributed by atoms with E-state index in [1.54, 1.807) is 0 Å².